The number of nitrogens with one attached hydrogen (secondary N) is 2. The standard InChI is InChI=1S/C17H15N3O4S/c1-22-12-5-3-2-4-10(12)18-16(21)20-17-19-11-8-13-14(9-15(11)25-17)24-7-6-23-13/h2-5,8-9H,6-7H2,1H3,(H2,18,19,20,21). The van der Waals surface area contributed by atoms with Gasteiger partial charge < -0.3 is 19.5 Å². The molecule has 1 aliphatic rings. The van der Waals surface area contributed by atoms with Crippen LogP contribution in [0.3, 0.4) is 0 Å². The van der Waals surface area contributed by atoms with Gasteiger partial charge >= 0.3 is 6.03 Å². The molecule has 1 aromatic heterocycles. The van der Waals surface area contributed by atoms with Gasteiger partial charge in [-0.1, -0.05) is 23.5 Å². The van der Waals surface area contributed by atoms with Crippen LogP contribution in [0.1, 0.15) is 0 Å². The van der Waals surface area contributed by atoms with Gasteiger partial charge in [0.05, 0.1) is 23.0 Å². The fourth-order valence-electron chi connectivity index (χ4n) is 2.52. The van der Waals surface area contributed by atoms with Gasteiger partial charge in [0.15, 0.2) is 16.6 Å². The average Bonchev–Trinajstić information content (AvgIpc) is 3.00. The fourth-order valence-corrected chi connectivity index (χ4v) is 3.39. The summed E-state index contributed by atoms with van der Waals surface area (Å²) in [5.41, 5.74) is 1.34. The highest BCUT2D eigenvalue weighted by Gasteiger charge is 2.16. The molecule has 0 saturated heterocycles. The van der Waals surface area contributed by atoms with Crippen molar-refractivity contribution in [1.29, 1.82) is 0 Å². The number of urea groups is 1. The minimum absolute atomic E-state index is 0.388. The Balaban J connectivity index is 1.53. The molecule has 2 amide bonds. The average molecular weight is 357 g/mol. The number of thiazole rings is 1. The van der Waals surface area contributed by atoms with Gasteiger partial charge in [0.1, 0.15) is 19.0 Å². The van der Waals surface area contributed by atoms with Crippen LogP contribution in [0.4, 0.5) is 15.6 Å². The predicted molar refractivity (Wildman–Crippen MR) is 96.2 cm³/mol. The third-order valence-corrected chi connectivity index (χ3v) is 4.56. The Kier molecular flexibility index (Phi) is 4.02. The fraction of sp³-hybridized carbons (Fsp3) is 0.176. The van der Waals surface area contributed by atoms with Crippen LogP contribution in [0.25, 0.3) is 10.2 Å². The van der Waals surface area contributed by atoms with Crippen molar-refractivity contribution in [2.75, 3.05) is 31.0 Å². The molecule has 2 aromatic carbocycles. The van der Waals surface area contributed by atoms with Crippen molar-refractivity contribution in [3.8, 4) is 17.2 Å². The summed E-state index contributed by atoms with van der Waals surface area (Å²) in [6.45, 7) is 1.05. The van der Waals surface area contributed by atoms with Gasteiger partial charge in [0.2, 0.25) is 0 Å². The van der Waals surface area contributed by atoms with E-state index in [-0.39, 0.29) is 6.03 Å². The molecule has 0 unspecified atom stereocenters. The van der Waals surface area contributed by atoms with Crippen LogP contribution in [0.15, 0.2) is 36.4 Å². The van der Waals surface area contributed by atoms with Crippen LogP contribution in [0.2, 0.25) is 0 Å². The molecule has 7 nitrogen and oxygen atoms in total. The van der Waals surface area contributed by atoms with E-state index < -0.39 is 0 Å². The maximum absolute atomic E-state index is 12.2. The van der Waals surface area contributed by atoms with Crippen molar-refractivity contribution in [3.63, 3.8) is 0 Å². The summed E-state index contributed by atoms with van der Waals surface area (Å²) < 4.78 is 17.3. The molecule has 25 heavy (non-hydrogen) atoms. The molecule has 128 valence electrons. The number of aromatic nitrogens is 1. The minimum Gasteiger partial charge on any atom is -0.495 e. The molecule has 2 heterocycles. The number of ether oxygens (including phenoxy) is 3. The summed E-state index contributed by atoms with van der Waals surface area (Å²) in [5, 5.41) is 5.98. The van der Waals surface area contributed by atoms with E-state index in [1.807, 2.05) is 24.3 Å². The number of nitrogens with zero attached hydrogens (tertiary/aromatic N) is 1. The second-order valence-electron chi connectivity index (χ2n) is 5.26. The van der Waals surface area contributed by atoms with E-state index in [2.05, 4.69) is 15.6 Å². The van der Waals surface area contributed by atoms with Crippen molar-refractivity contribution in [3.05, 3.63) is 36.4 Å². The van der Waals surface area contributed by atoms with Crippen LogP contribution in [0.5, 0.6) is 17.2 Å². The Morgan fingerprint density at radius 3 is 2.72 bits per heavy atom. The van der Waals surface area contributed by atoms with Crippen molar-refractivity contribution in [1.82, 2.24) is 4.98 Å². The molecule has 2 N–H and O–H groups in total. The number of para-hydroxylation sites is 2. The highest BCUT2D eigenvalue weighted by molar-refractivity contribution is 7.22. The SMILES string of the molecule is COc1ccccc1NC(=O)Nc1nc2cc3c(cc2s1)OCCO3. The van der Waals surface area contributed by atoms with E-state index >= 15 is 0 Å². The molecule has 8 heteroatoms. The quantitative estimate of drug-likeness (QED) is 0.747. The van der Waals surface area contributed by atoms with Crippen molar-refractivity contribution in [2.24, 2.45) is 0 Å². The molecular weight excluding hydrogens is 342 g/mol. The van der Waals surface area contributed by atoms with Crippen LogP contribution in [-0.2, 0) is 0 Å². The Hall–Kier alpha value is -3.00. The van der Waals surface area contributed by atoms with Gasteiger partial charge in [0.25, 0.3) is 0 Å². The van der Waals surface area contributed by atoms with Gasteiger partial charge in [-0.3, -0.25) is 5.32 Å². The number of hydrogen-bond acceptors (Lipinski definition) is 6. The summed E-state index contributed by atoms with van der Waals surface area (Å²) >= 11 is 1.37. The minimum atomic E-state index is -0.388. The number of rotatable bonds is 3. The predicted octanol–water partition coefficient (Wildman–Crippen LogP) is 3.72. The molecule has 0 bridgehead atoms. The van der Waals surface area contributed by atoms with E-state index in [9.17, 15) is 4.79 Å². The molecule has 1 aliphatic heterocycles. The smallest absolute Gasteiger partial charge is 0.325 e. The topological polar surface area (TPSA) is 81.7 Å². The maximum Gasteiger partial charge on any atom is 0.325 e. The summed E-state index contributed by atoms with van der Waals surface area (Å²) in [6.07, 6.45) is 0. The summed E-state index contributed by atoms with van der Waals surface area (Å²) in [5.74, 6) is 1.96. The lowest BCUT2D eigenvalue weighted by molar-refractivity contribution is 0.172. The van der Waals surface area contributed by atoms with E-state index in [4.69, 9.17) is 14.2 Å². The molecular formula is C17H15N3O4S. The highest BCUT2D eigenvalue weighted by Crippen LogP contribution is 2.37. The first-order chi connectivity index (χ1) is 12.2. The Morgan fingerprint density at radius 2 is 1.92 bits per heavy atom. The van der Waals surface area contributed by atoms with E-state index in [0.29, 0.717) is 41.3 Å². The van der Waals surface area contributed by atoms with Crippen molar-refractivity contribution in [2.45, 2.75) is 0 Å². The molecule has 0 saturated carbocycles. The van der Waals surface area contributed by atoms with Crippen molar-refractivity contribution < 1.29 is 19.0 Å². The monoisotopic (exact) mass is 357 g/mol. The summed E-state index contributed by atoms with van der Waals surface area (Å²) in [4.78, 5) is 16.6. The van der Waals surface area contributed by atoms with Crippen molar-refractivity contribution >= 4 is 38.4 Å². The lowest BCUT2D eigenvalue weighted by Gasteiger charge is -2.17. The number of benzene rings is 2. The first-order valence-electron chi connectivity index (χ1n) is 7.64. The van der Waals surface area contributed by atoms with Gasteiger partial charge in [-0.25, -0.2) is 9.78 Å². The van der Waals surface area contributed by atoms with Gasteiger partial charge in [-0.2, -0.15) is 0 Å². The zero-order chi connectivity index (χ0) is 17.2. The number of carbonyl (C=O) groups is 1. The summed E-state index contributed by atoms with van der Waals surface area (Å²) in [6, 6.07) is 10.5. The van der Waals surface area contributed by atoms with Gasteiger partial charge in [-0.05, 0) is 12.1 Å². The van der Waals surface area contributed by atoms with Crippen LogP contribution >= 0.6 is 11.3 Å². The van der Waals surface area contributed by atoms with Gasteiger partial charge in [-0.15, -0.1) is 0 Å². The third kappa shape index (κ3) is 3.16. The number of carbonyl (C=O) groups excluding carboxylic acids is 1. The van der Waals surface area contributed by atoms with E-state index in [0.717, 1.165) is 10.2 Å². The van der Waals surface area contributed by atoms with E-state index in [1.54, 1.807) is 19.2 Å². The maximum atomic E-state index is 12.2. The zero-order valence-electron chi connectivity index (χ0n) is 13.4. The van der Waals surface area contributed by atoms with Crippen LogP contribution in [-0.4, -0.2) is 31.3 Å². The second-order valence-corrected chi connectivity index (χ2v) is 6.29. The van der Waals surface area contributed by atoms with Crippen LogP contribution in [0, 0.1) is 0 Å². The molecule has 0 radical (unpaired) electrons. The van der Waals surface area contributed by atoms with Gasteiger partial charge in [0, 0.05) is 12.1 Å². The number of amides is 2. The lowest BCUT2D eigenvalue weighted by atomic mass is 10.3. The van der Waals surface area contributed by atoms with E-state index in [1.165, 1.54) is 11.3 Å². The number of fused-ring (bicyclic) bond motifs is 2. The largest absolute Gasteiger partial charge is 0.495 e. The zero-order valence-corrected chi connectivity index (χ0v) is 14.2. The summed E-state index contributed by atoms with van der Waals surface area (Å²) in [7, 11) is 1.55. The number of hydrogen-bond donors (Lipinski definition) is 2. The Morgan fingerprint density at radius 1 is 1.16 bits per heavy atom. The highest BCUT2D eigenvalue weighted by atomic mass is 32.1. The molecule has 0 aliphatic carbocycles. The lowest BCUT2D eigenvalue weighted by Crippen LogP contribution is -2.19. The first kappa shape index (κ1) is 15.5. The second kappa shape index (κ2) is 6.48. The molecule has 0 atom stereocenters. The molecule has 4 rings (SSSR count). The molecule has 0 spiro atoms. The third-order valence-electron chi connectivity index (χ3n) is 3.63. The normalized spacial score (nSPS) is 12.7. The van der Waals surface area contributed by atoms with Crippen LogP contribution < -0.4 is 24.8 Å². The Labute approximate surface area is 147 Å². The number of methoxy groups -OCH3 is 1. The molecule has 3 aromatic rings. The number of anilines is 2. The molecule has 0 fully saturated rings. The first-order valence-corrected chi connectivity index (χ1v) is 8.46. The Bertz CT molecular complexity index is 898.